The van der Waals surface area contributed by atoms with Crippen LogP contribution in [0, 0.1) is 5.92 Å². The molecule has 3 atom stereocenters. The highest BCUT2D eigenvalue weighted by Crippen LogP contribution is 2.25. The summed E-state index contributed by atoms with van der Waals surface area (Å²) >= 11 is 0. The number of ether oxygens (including phenoxy) is 1. The smallest absolute Gasteiger partial charge is 0.408 e. The van der Waals surface area contributed by atoms with Gasteiger partial charge in [-0.2, -0.15) is 0 Å². The average molecular weight is 320 g/mol. The molecule has 1 aliphatic heterocycles. The van der Waals surface area contributed by atoms with Crippen molar-refractivity contribution in [3.05, 3.63) is 36.5 Å². The highest BCUT2D eigenvalue weighted by atomic mass is 16.6. The largest absolute Gasteiger partial charge is 0.444 e. The second kappa shape index (κ2) is 7.99. The molecule has 0 saturated carbocycles. The molecule has 1 heterocycles. The van der Waals surface area contributed by atoms with Gasteiger partial charge in [-0.25, -0.2) is 4.79 Å². The lowest BCUT2D eigenvalue weighted by Gasteiger charge is -2.35. The Balaban J connectivity index is 2.73. The summed E-state index contributed by atoms with van der Waals surface area (Å²) in [6.07, 6.45) is 7.63. The van der Waals surface area contributed by atoms with Crippen molar-refractivity contribution in [1.29, 1.82) is 0 Å². The summed E-state index contributed by atoms with van der Waals surface area (Å²) in [5.41, 5.74) is 0.326. The lowest BCUT2D eigenvalue weighted by Crippen LogP contribution is -2.57. The fraction of sp³-hybridized carbons (Fsp3) is 0.556. The molecular weight excluding hydrogens is 292 g/mol. The van der Waals surface area contributed by atoms with Gasteiger partial charge >= 0.3 is 6.09 Å². The van der Waals surface area contributed by atoms with Crippen molar-refractivity contribution in [1.82, 2.24) is 10.6 Å². The molecule has 1 saturated heterocycles. The van der Waals surface area contributed by atoms with Gasteiger partial charge in [0.05, 0.1) is 0 Å². The summed E-state index contributed by atoms with van der Waals surface area (Å²) in [5, 5.41) is 5.54. The zero-order chi connectivity index (χ0) is 17.6. The minimum Gasteiger partial charge on any atom is -0.444 e. The maximum absolute atomic E-state index is 12.1. The molecule has 1 rings (SSSR count). The van der Waals surface area contributed by atoms with E-state index in [4.69, 9.17) is 4.74 Å². The fourth-order valence-corrected chi connectivity index (χ4v) is 2.45. The second-order valence-corrected chi connectivity index (χ2v) is 6.80. The van der Waals surface area contributed by atoms with Crippen LogP contribution in [-0.4, -0.2) is 29.7 Å². The SMILES string of the molecule is C=C(/C=C\C=C/C)[C@@H]1C[C@@H](NC(=O)OC(C)(C)C)C(=O)N[C@@H]1C. The third kappa shape index (κ3) is 6.30. The number of carbonyl (C=O) groups is 2. The monoisotopic (exact) mass is 320 g/mol. The van der Waals surface area contributed by atoms with Gasteiger partial charge in [0, 0.05) is 12.0 Å². The fourth-order valence-electron chi connectivity index (χ4n) is 2.45. The first-order chi connectivity index (χ1) is 10.6. The lowest BCUT2D eigenvalue weighted by molar-refractivity contribution is -0.126. The Morgan fingerprint density at radius 3 is 2.61 bits per heavy atom. The molecule has 1 fully saturated rings. The standard InChI is InChI=1S/C18H28N2O3/c1-7-8-9-10-12(2)14-11-15(16(21)19-13(14)3)20-17(22)23-18(4,5)6/h7-10,13-15H,2,11H2,1,3-6H3,(H,19,21)(H,20,22)/b8-7-,10-9-/t13-,14+,15-/m1/s1. The molecule has 0 aliphatic carbocycles. The first kappa shape index (κ1) is 19.0. The van der Waals surface area contributed by atoms with Crippen LogP contribution < -0.4 is 10.6 Å². The minimum atomic E-state index is -0.613. The van der Waals surface area contributed by atoms with Crippen molar-refractivity contribution in [2.75, 3.05) is 0 Å². The van der Waals surface area contributed by atoms with Crippen LogP contribution >= 0.6 is 0 Å². The molecule has 0 bridgehead atoms. The van der Waals surface area contributed by atoms with Gasteiger partial charge in [-0.15, -0.1) is 0 Å². The van der Waals surface area contributed by atoms with E-state index in [-0.39, 0.29) is 17.9 Å². The second-order valence-electron chi connectivity index (χ2n) is 6.80. The molecule has 2 N–H and O–H groups in total. The van der Waals surface area contributed by atoms with E-state index in [2.05, 4.69) is 17.2 Å². The van der Waals surface area contributed by atoms with E-state index in [0.717, 1.165) is 5.57 Å². The predicted octanol–water partition coefficient (Wildman–Crippen LogP) is 3.09. The highest BCUT2D eigenvalue weighted by molar-refractivity contribution is 5.86. The zero-order valence-electron chi connectivity index (χ0n) is 14.7. The van der Waals surface area contributed by atoms with Crippen LogP contribution in [0.4, 0.5) is 4.79 Å². The summed E-state index contributed by atoms with van der Waals surface area (Å²) in [6.45, 7) is 13.3. The van der Waals surface area contributed by atoms with E-state index in [1.807, 2.05) is 38.2 Å². The number of amides is 2. The molecule has 0 unspecified atom stereocenters. The van der Waals surface area contributed by atoms with Gasteiger partial charge in [0.15, 0.2) is 0 Å². The highest BCUT2D eigenvalue weighted by Gasteiger charge is 2.35. The molecule has 0 aromatic carbocycles. The van der Waals surface area contributed by atoms with Gasteiger partial charge in [-0.3, -0.25) is 4.79 Å². The molecule has 128 valence electrons. The van der Waals surface area contributed by atoms with E-state index in [9.17, 15) is 9.59 Å². The Morgan fingerprint density at radius 1 is 1.39 bits per heavy atom. The summed E-state index contributed by atoms with van der Waals surface area (Å²) in [5.74, 6) is -0.126. The Morgan fingerprint density at radius 2 is 2.04 bits per heavy atom. The topological polar surface area (TPSA) is 67.4 Å². The maximum atomic E-state index is 12.1. The molecule has 0 radical (unpaired) electrons. The van der Waals surface area contributed by atoms with Gasteiger partial charge in [0.2, 0.25) is 5.91 Å². The Kier molecular flexibility index (Phi) is 6.61. The Bertz CT molecular complexity index is 515. The third-order valence-electron chi connectivity index (χ3n) is 3.56. The average Bonchev–Trinajstić information content (AvgIpc) is 2.39. The summed E-state index contributed by atoms with van der Waals surface area (Å²) in [7, 11) is 0. The summed E-state index contributed by atoms with van der Waals surface area (Å²) < 4.78 is 5.22. The van der Waals surface area contributed by atoms with Crippen LogP contribution in [0.1, 0.15) is 41.0 Å². The van der Waals surface area contributed by atoms with Gasteiger partial charge in [-0.05, 0) is 46.6 Å². The molecule has 0 aromatic rings. The number of hydrogen-bond acceptors (Lipinski definition) is 3. The van der Waals surface area contributed by atoms with Crippen molar-refractivity contribution in [3.63, 3.8) is 0 Å². The number of piperidine rings is 1. The van der Waals surface area contributed by atoms with Crippen LogP contribution in [0.15, 0.2) is 36.5 Å². The van der Waals surface area contributed by atoms with Crippen LogP contribution in [0.2, 0.25) is 0 Å². The summed E-state index contributed by atoms with van der Waals surface area (Å²) in [4.78, 5) is 24.0. The molecule has 0 spiro atoms. The first-order valence-corrected chi connectivity index (χ1v) is 7.92. The Labute approximate surface area is 138 Å². The van der Waals surface area contributed by atoms with Gasteiger partial charge in [0.25, 0.3) is 0 Å². The normalized spacial score (nSPS) is 25.4. The molecule has 2 amide bonds. The van der Waals surface area contributed by atoms with E-state index in [1.165, 1.54) is 0 Å². The van der Waals surface area contributed by atoms with Gasteiger partial charge in [0.1, 0.15) is 11.6 Å². The predicted molar refractivity (Wildman–Crippen MR) is 92.0 cm³/mol. The number of rotatable bonds is 4. The maximum Gasteiger partial charge on any atom is 0.408 e. The zero-order valence-corrected chi connectivity index (χ0v) is 14.7. The molecule has 5 heteroatoms. The number of hydrogen-bond donors (Lipinski definition) is 2. The van der Waals surface area contributed by atoms with Gasteiger partial charge < -0.3 is 15.4 Å². The number of alkyl carbamates (subject to hydrolysis) is 1. The number of carbonyl (C=O) groups excluding carboxylic acids is 2. The van der Waals surface area contributed by atoms with Crippen molar-refractivity contribution in [3.8, 4) is 0 Å². The van der Waals surface area contributed by atoms with Crippen LogP contribution in [0.3, 0.4) is 0 Å². The molecule has 23 heavy (non-hydrogen) atoms. The van der Waals surface area contributed by atoms with Crippen LogP contribution in [0.5, 0.6) is 0 Å². The van der Waals surface area contributed by atoms with Crippen molar-refractivity contribution >= 4 is 12.0 Å². The molecular formula is C18H28N2O3. The van der Waals surface area contributed by atoms with Crippen LogP contribution in [-0.2, 0) is 9.53 Å². The van der Waals surface area contributed by atoms with Crippen molar-refractivity contribution in [2.45, 2.75) is 58.7 Å². The molecule has 5 nitrogen and oxygen atoms in total. The van der Waals surface area contributed by atoms with E-state index in [1.54, 1.807) is 20.8 Å². The summed E-state index contributed by atoms with van der Waals surface area (Å²) in [6, 6.07) is -0.639. The van der Waals surface area contributed by atoms with Crippen molar-refractivity contribution < 1.29 is 14.3 Å². The molecule has 1 aliphatic rings. The van der Waals surface area contributed by atoms with Gasteiger partial charge in [-0.1, -0.05) is 30.9 Å². The first-order valence-electron chi connectivity index (χ1n) is 7.92. The van der Waals surface area contributed by atoms with E-state index in [0.29, 0.717) is 6.42 Å². The number of allylic oxidation sites excluding steroid dienone is 4. The molecule has 0 aromatic heterocycles. The Hall–Kier alpha value is -2.04. The number of nitrogens with one attached hydrogen (secondary N) is 2. The minimum absolute atomic E-state index is 0.0260. The quantitative estimate of drug-likeness (QED) is 0.782. The van der Waals surface area contributed by atoms with E-state index >= 15 is 0 Å². The van der Waals surface area contributed by atoms with Crippen molar-refractivity contribution in [2.24, 2.45) is 5.92 Å². The third-order valence-corrected chi connectivity index (χ3v) is 3.56. The van der Waals surface area contributed by atoms with Crippen LogP contribution in [0.25, 0.3) is 0 Å². The lowest BCUT2D eigenvalue weighted by atomic mass is 9.83. The van der Waals surface area contributed by atoms with E-state index < -0.39 is 17.7 Å².